The third kappa shape index (κ3) is 4.38. The largest absolute Gasteiger partial charge is 0.383 e. The van der Waals surface area contributed by atoms with Crippen LogP contribution in [0.3, 0.4) is 0 Å². The van der Waals surface area contributed by atoms with Gasteiger partial charge in [-0.2, -0.15) is 0 Å². The van der Waals surface area contributed by atoms with E-state index in [9.17, 15) is 9.59 Å². The number of nitrogen functional groups attached to an aromatic ring is 1. The molecular weight excluding hydrogens is 586 g/mol. The highest BCUT2D eigenvalue weighted by Crippen LogP contribution is 2.48. The number of amides is 2. The van der Waals surface area contributed by atoms with E-state index in [0.29, 0.717) is 45.4 Å². The lowest BCUT2D eigenvalue weighted by Crippen LogP contribution is -2.46. The molecule has 4 aromatic heterocycles. The number of aryl methyl sites for hydroxylation is 2. The van der Waals surface area contributed by atoms with Crippen LogP contribution in [0.25, 0.3) is 33.1 Å². The standard InChI is InChI=1S/C29H26BrN9O2/c1-14-6-16(18-10-32-15(2)33-11-18)7-19-25-27(31)34-13-35-28(25)38(26(14)19)12-24(40)39-20-8-17(20)9-21(39)29(41)37-23-5-3-4-22(30)36-23/h3-7,10-11,13,17,20-21H,8-9,12H2,1-2H3,(H2,31,34,35)(H,36,37,41)/t17-,20-,21+/m1/s1. The summed E-state index contributed by atoms with van der Waals surface area (Å²) in [6.07, 6.45) is 6.54. The van der Waals surface area contributed by atoms with E-state index in [1.165, 1.54) is 6.33 Å². The zero-order chi connectivity index (χ0) is 28.4. The van der Waals surface area contributed by atoms with Gasteiger partial charge in [-0.05, 0) is 83.9 Å². The minimum absolute atomic E-state index is 0.0203. The molecule has 206 valence electrons. The summed E-state index contributed by atoms with van der Waals surface area (Å²) >= 11 is 3.34. The summed E-state index contributed by atoms with van der Waals surface area (Å²) in [4.78, 5) is 50.8. The molecule has 0 spiro atoms. The van der Waals surface area contributed by atoms with Crippen molar-refractivity contribution in [2.45, 2.75) is 45.3 Å². The van der Waals surface area contributed by atoms with Crippen molar-refractivity contribution < 1.29 is 9.59 Å². The highest BCUT2D eigenvalue weighted by molar-refractivity contribution is 9.10. The molecule has 1 aliphatic carbocycles. The highest BCUT2D eigenvalue weighted by atomic mass is 79.9. The Morgan fingerprint density at radius 3 is 2.66 bits per heavy atom. The van der Waals surface area contributed by atoms with Gasteiger partial charge in [0.05, 0.1) is 10.9 Å². The van der Waals surface area contributed by atoms with Gasteiger partial charge in [0.2, 0.25) is 11.8 Å². The summed E-state index contributed by atoms with van der Waals surface area (Å²) in [7, 11) is 0. The number of halogens is 1. The average Bonchev–Trinajstić information content (AvgIpc) is 3.48. The number of nitrogens with two attached hydrogens (primary N) is 1. The van der Waals surface area contributed by atoms with Gasteiger partial charge >= 0.3 is 0 Å². The van der Waals surface area contributed by atoms with Crippen LogP contribution in [-0.4, -0.2) is 58.3 Å². The fourth-order valence-electron chi connectivity index (χ4n) is 6.10. The second-order valence-corrected chi connectivity index (χ2v) is 11.5. The molecule has 5 aromatic rings. The number of piperidine rings is 1. The van der Waals surface area contributed by atoms with Crippen molar-refractivity contribution in [1.29, 1.82) is 0 Å². The summed E-state index contributed by atoms with van der Waals surface area (Å²) in [6, 6.07) is 8.90. The Morgan fingerprint density at radius 1 is 1.07 bits per heavy atom. The zero-order valence-corrected chi connectivity index (χ0v) is 24.0. The Morgan fingerprint density at radius 2 is 1.88 bits per heavy atom. The molecule has 1 saturated carbocycles. The zero-order valence-electron chi connectivity index (χ0n) is 22.4. The molecule has 2 aliphatic rings. The SMILES string of the molecule is Cc1ncc(-c2cc(C)c3c(c2)c2c(N)ncnc2n3CC(=O)N2[C@@H]3C[C@@H]3C[C@H]2C(=O)Nc2cccc(Br)n2)cn1. The fourth-order valence-corrected chi connectivity index (χ4v) is 6.45. The molecule has 1 aromatic carbocycles. The molecule has 41 heavy (non-hydrogen) atoms. The molecule has 0 bridgehead atoms. The maximum Gasteiger partial charge on any atom is 0.248 e. The number of aromatic nitrogens is 6. The minimum atomic E-state index is -0.561. The third-order valence-corrected chi connectivity index (χ3v) is 8.46. The van der Waals surface area contributed by atoms with E-state index in [4.69, 9.17) is 5.73 Å². The minimum Gasteiger partial charge on any atom is -0.383 e. The van der Waals surface area contributed by atoms with Crippen LogP contribution in [0.15, 0.2) is 53.7 Å². The van der Waals surface area contributed by atoms with Crippen LogP contribution < -0.4 is 11.1 Å². The average molecular weight is 612 g/mol. The first-order valence-electron chi connectivity index (χ1n) is 13.3. The van der Waals surface area contributed by atoms with Crippen molar-refractivity contribution in [3.63, 3.8) is 0 Å². The normalized spacial score (nSPS) is 19.5. The molecule has 0 radical (unpaired) electrons. The number of pyridine rings is 1. The Labute approximate surface area is 243 Å². The van der Waals surface area contributed by atoms with Crippen molar-refractivity contribution >= 4 is 61.3 Å². The molecule has 1 saturated heterocycles. The van der Waals surface area contributed by atoms with E-state index in [-0.39, 0.29) is 24.4 Å². The van der Waals surface area contributed by atoms with Crippen LogP contribution in [0.2, 0.25) is 0 Å². The van der Waals surface area contributed by atoms with Gasteiger partial charge in [-0.15, -0.1) is 0 Å². The molecule has 12 heteroatoms. The maximum absolute atomic E-state index is 14.0. The summed E-state index contributed by atoms with van der Waals surface area (Å²) in [5.41, 5.74) is 10.6. The molecule has 11 nitrogen and oxygen atoms in total. The number of hydrogen-bond acceptors (Lipinski definition) is 8. The summed E-state index contributed by atoms with van der Waals surface area (Å²) < 4.78 is 2.52. The van der Waals surface area contributed by atoms with Crippen molar-refractivity contribution in [2.24, 2.45) is 5.92 Å². The van der Waals surface area contributed by atoms with E-state index in [0.717, 1.165) is 34.0 Å². The van der Waals surface area contributed by atoms with Gasteiger partial charge in [0, 0.05) is 29.4 Å². The fraction of sp³-hybridized carbons (Fsp3) is 0.276. The lowest BCUT2D eigenvalue weighted by Gasteiger charge is -2.27. The summed E-state index contributed by atoms with van der Waals surface area (Å²) in [5.74, 6) is 1.44. The predicted molar refractivity (Wildman–Crippen MR) is 158 cm³/mol. The Bertz CT molecular complexity index is 1870. The number of hydrogen-bond donors (Lipinski definition) is 2. The second kappa shape index (κ2) is 9.58. The predicted octanol–water partition coefficient (Wildman–Crippen LogP) is 4.03. The highest BCUT2D eigenvalue weighted by Gasteiger charge is 2.56. The molecule has 7 rings (SSSR count). The van der Waals surface area contributed by atoms with Gasteiger partial charge in [-0.25, -0.2) is 24.9 Å². The van der Waals surface area contributed by atoms with Gasteiger partial charge in [0.15, 0.2) is 0 Å². The summed E-state index contributed by atoms with van der Waals surface area (Å²) in [6.45, 7) is 3.86. The van der Waals surface area contributed by atoms with Crippen LogP contribution in [0.5, 0.6) is 0 Å². The maximum atomic E-state index is 14.0. The van der Waals surface area contributed by atoms with Crippen molar-refractivity contribution in [3.05, 3.63) is 65.0 Å². The number of nitrogens with zero attached hydrogens (tertiary/aromatic N) is 7. The molecule has 2 fully saturated rings. The van der Waals surface area contributed by atoms with Gasteiger partial charge in [-0.3, -0.25) is 9.59 Å². The van der Waals surface area contributed by atoms with Crippen LogP contribution in [0, 0.1) is 19.8 Å². The van der Waals surface area contributed by atoms with Crippen LogP contribution in [-0.2, 0) is 16.1 Å². The number of carbonyl (C=O) groups is 2. The number of anilines is 2. The molecule has 1 aliphatic heterocycles. The molecule has 2 amide bonds. The topological polar surface area (TPSA) is 145 Å². The number of carbonyl (C=O) groups excluding carboxylic acids is 2. The summed E-state index contributed by atoms with van der Waals surface area (Å²) in [5, 5.41) is 4.42. The smallest absolute Gasteiger partial charge is 0.248 e. The number of fused-ring (bicyclic) bond motifs is 4. The molecule has 3 N–H and O–H groups in total. The molecule has 0 unspecified atom stereocenters. The number of nitrogens with one attached hydrogen (secondary N) is 1. The second-order valence-electron chi connectivity index (χ2n) is 10.7. The van der Waals surface area contributed by atoms with E-state index in [2.05, 4.69) is 46.2 Å². The first kappa shape index (κ1) is 25.5. The van der Waals surface area contributed by atoms with E-state index in [1.807, 2.05) is 30.5 Å². The van der Waals surface area contributed by atoms with Crippen molar-refractivity contribution in [2.75, 3.05) is 11.1 Å². The molecule has 3 atom stereocenters. The Hall–Kier alpha value is -4.45. The number of rotatable bonds is 5. The third-order valence-electron chi connectivity index (χ3n) is 8.02. The Kier molecular flexibility index (Phi) is 5.96. The van der Waals surface area contributed by atoms with Crippen LogP contribution >= 0.6 is 15.9 Å². The number of likely N-dealkylation sites (tertiary alicyclic amines) is 1. The first-order valence-corrected chi connectivity index (χ1v) is 14.1. The van der Waals surface area contributed by atoms with E-state index < -0.39 is 6.04 Å². The van der Waals surface area contributed by atoms with E-state index in [1.54, 1.807) is 35.5 Å². The quantitative estimate of drug-likeness (QED) is 0.283. The van der Waals surface area contributed by atoms with Gasteiger partial charge < -0.3 is 20.5 Å². The monoisotopic (exact) mass is 611 g/mol. The molecule has 5 heterocycles. The number of benzene rings is 1. The molecular formula is C29H26BrN9O2. The Balaban J connectivity index is 1.26. The van der Waals surface area contributed by atoms with Crippen LogP contribution in [0.4, 0.5) is 11.6 Å². The van der Waals surface area contributed by atoms with Crippen LogP contribution in [0.1, 0.15) is 24.2 Å². The van der Waals surface area contributed by atoms with Crippen molar-refractivity contribution in [3.8, 4) is 11.1 Å². The van der Waals surface area contributed by atoms with Gasteiger partial charge in [0.1, 0.15) is 46.6 Å². The first-order chi connectivity index (χ1) is 19.8. The van der Waals surface area contributed by atoms with Crippen molar-refractivity contribution in [1.82, 2.24) is 34.4 Å². The van der Waals surface area contributed by atoms with Gasteiger partial charge in [-0.1, -0.05) is 6.07 Å². The lowest BCUT2D eigenvalue weighted by atomic mass is 10.0. The van der Waals surface area contributed by atoms with Gasteiger partial charge in [0.25, 0.3) is 0 Å². The van der Waals surface area contributed by atoms with E-state index >= 15 is 0 Å². The lowest BCUT2D eigenvalue weighted by molar-refractivity contribution is -0.138.